The second kappa shape index (κ2) is 5.99. The van der Waals surface area contributed by atoms with Crippen LogP contribution in [0.2, 0.25) is 5.22 Å². The van der Waals surface area contributed by atoms with Crippen LogP contribution >= 0.6 is 22.9 Å². The van der Waals surface area contributed by atoms with Crippen molar-refractivity contribution in [1.29, 1.82) is 0 Å². The monoisotopic (exact) mass is 310 g/mol. The Bertz CT molecular complexity index is 574. The number of hydrogen-bond donors (Lipinski definition) is 0. The second-order valence-corrected chi connectivity index (χ2v) is 6.13. The highest BCUT2D eigenvalue weighted by molar-refractivity contribution is 7.09. The Hall–Kier alpha value is -1.30. The Morgan fingerprint density at radius 2 is 2.10 bits per heavy atom. The molecule has 1 aliphatic heterocycles. The number of rotatable bonds is 3. The van der Waals surface area contributed by atoms with Gasteiger partial charge in [-0.3, -0.25) is 9.69 Å². The van der Waals surface area contributed by atoms with Crippen molar-refractivity contribution in [2.45, 2.75) is 6.54 Å². The van der Waals surface area contributed by atoms with Crippen molar-refractivity contribution in [3.8, 4) is 0 Å². The van der Waals surface area contributed by atoms with Gasteiger partial charge in [0.15, 0.2) is 0 Å². The summed E-state index contributed by atoms with van der Waals surface area (Å²) in [5, 5.41) is 2.27. The molecule has 0 aliphatic carbocycles. The smallest absolute Gasteiger partial charge is 0.258 e. The fourth-order valence-corrected chi connectivity index (χ4v) is 3.29. The van der Waals surface area contributed by atoms with Crippen LogP contribution in [-0.2, 0) is 6.54 Å². The average Bonchev–Trinajstić information content (AvgIpc) is 3.10. The number of hydrogen-bond acceptors (Lipinski definition) is 4. The van der Waals surface area contributed by atoms with Crippen LogP contribution in [0.1, 0.15) is 15.2 Å². The van der Waals surface area contributed by atoms with Gasteiger partial charge in [-0.2, -0.15) is 0 Å². The predicted octanol–water partition coefficient (Wildman–Crippen LogP) is 2.95. The Labute approximate surface area is 126 Å². The zero-order chi connectivity index (χ0) is 13.9. The number of halogens is 1. The minimum Gasteiger partial charge on any atom is -0.452 e. The Kier molecular flexibility index (Phi) is 4.10. The molecule has 0 N–H and O–H groups in total. The van der Waals surface area contributed by atoms with Gasteiger partial charge in [0.2, 0.25) is 5.22 Å². The fraction of sp³-hybridized carbons (Fsp3) is 0.357. The molecule has 106 valence electrons. The first-order valence-electron chi connectivity index (χ1n) is 6.51. The fourth-order valence-electron chi connectivity index (χ4n) is 2.35. The van der Waals surface area contributed by atoms with Crippen molar-refractivity contribution in [2.24, 2.45) is 0 Å². The van der Waals surface area contributed by atoms with E-state index in [2.05, 4.69) is 22.4 Å². The van der Waals surface area contributed by atoms with Gasteiger partial charge < -0.3 is 9.32 Å². The maximum Gasteiger partial charge on any atom is 0.258 e. The number of furan rings is 1. The van der Waals surface area contributed by atoms with Crippen molar-refractivity contribution in [3.05, 3.63) is 45.5 Å². The molecule has 0 bridgehead atoms. The molecule has 3 heterocycles. The van der Waals surface area contributed by atoms with Gasteiger partial charge in [0.25, 0.3) is 5.91 Å². The van der Waals surface area contributed by atoms with Crippen LogP contribution in [0.5, 0.6) is 0 Å². The number of thiophene rings is 1. The molecule has 0 aromatic carbocycles. The van der Waals surface area contributed by atoms with Gasteiger partial charge in [0, 0.05) is 37.6 Å². The molecule has 1 amide bonds. The number of nitrogens with zero attached hydrogens (tertiary/aromatic N) is 2. The molecule has 4 nitrogen and oxygen atoms in total. The van der Waals surface area contributed by atoms with Crippen molar-refractivity contribution in [3.63, 3.8) is 0 Å². The van der Waals surface area contributed by atoms with E-state index in [1.165, 1.54) is 11.1 Å². The van der Waals surface area contributed by atoms with Gasteiger partial charge in [-0.1, -0.05) is 6.07 Å². The molecule has 0 unspecified atom stereocenters. The highest BCUT2D eigenvalue weighted by atomic mass is 35.5. The molecule has 6 heteroatoms. The van der Waals surface area contributed by atoms with Gasteiger partial charge in [0.1, 0.15) is 0 Å². The van der Waals surface area contributed by atoms with Crippen LogP contribution < -0.4 is 0 Å². The van der Waals surface area contributed by atoms with Crippen molar-refractivity contribution in [1.82, 2.24) is 9.80 Å². The third-order valence-electron chi connectivity index (χ3n) is 3.47. The van der Waals surface area contributed by atoms with E-state index in [9.17, 15) is 4.79 Å². The van der Waals surface area contributed by atoms with E-state index in [0.29, 0.717) is 5.56 Å². The summed E-state index contributed by atoms with van der Waals surface area (Å²) >= 11 is 7.63. The number of piperazine rings is 1. The standard InChI is InChI=1S/C14H15ClN2O2S/c15-13-12(3-8-19-13)14(18)17-6-4-16(5-7-17)10-11-2-1-9-20-11/h1-3,8-9H,4-7,10H2. The average molecular weight is 311 g/mol. The Morgan fingerprint density at radius 3 is 2.70 bits per heavy atom. The van der Waals surface area contributed by atoms with E-state index < -0.39 is 0 Å². The summed E-state index contributed by atoms with van der Waals surface area (Å²) in [7, 11) is 0. The molecule has 0 atom stereocenters. The normalized spacial score (nSPS) is 16.6. The molecule has 20 heavy (non-hydrogen) atoms. The first kappa shape index (κ1) is 13.7. The van der Waals surface area contributed by atoms with Crippen LogP contribution in [0.25, 0.3) is 0 Å². The summed E-state index contributed by atoms with van der Waals surface area (Å²) in [5.74, 6) is -0.0421. The lowest BCUT2D eigenvalue weighted by atomic mass is 10.2. The maximum atomic E-state index is 12.3. The maximum absolute atomic E-state index is 12.3. The largest absolute Gasteiger partial charge is 0.452 e. The number of carbonyl (C=O) groups is 1. The van der Waals surface area contributed by atoms with Gasteiger partial charge in [-0.05, 0) is 29.1 Å². The summed E-state index contributed by atoms with van der Waals surface area (Å²) in [4.78, 5) is 17.8. The van der Waals surface area contributed by atoms with Gasteiger partial charge >= 0.3 is 0 Å². The molecular weight excluding hydrogens is 296 g/mol. The van der Waals surface area contributed by atoms with E-state index in [-0.39, 0.29) is 11.1 Å². The third kappa shape index (κ3) is 2.90. The third-order valence-corrected chi connectivity index (χ3v) is 4.62. The van der Waals surface area contributed by atoms with Gasteiger partial charge in [-0.25, -0.2) is 0 Å². The van der Waals surface area contributed by atoms with Crippen LogP contribution in [0.4, 0.5) is 0 Å². The van der Waals surface area contributed by atoms with Gasteiger partial charge in [-0.15, -0.1) is 11.3 Å². The van der Waals surface area contributed by atoms with E-state index in [1.807, 2.05) is 4.90 Å². The molecule has 0 spiro atoms. The Morgan fingerprint density at radius 1 is 1.30 bits per heavy atom. The first-order valence-corrected chi connectivity index (χ1v) is 7.77. The van der Waals surface area contributed by atoms with Crippen LogP contribution in [0.3, 0.4) is 0 Å². The summed E-state index contributed by atoms with van der Waals surface area (Å²) in [6.07, 6.45) is 1.45. The minimum atomic E-state index is -0.0421. The summed E-state index contributed by atoms with van der Waals surface area (Å²) in [6.45, 7) is 4.20. The molecule has 2 aromatic heterocycles. The molecule has 0 saturated carbocycles. The lowest BCUT2D eigenvalue weighted by Gasteiger charge is -2.34. The van der Waals surface area contributed by atoms with E-state index in [4.69, 9.17) is 16.0 Å². The van der Waals surface area contributed by atoms with Crippen molar-refractivity contribution in [2.75, 3.05) is 26.2 Å². The number of amides is 1. The lowest BCUT2D eigenvalue weighted by molar-refractivity contribution is 0.0629. The molecule has 0 radical (unpaired) electrons. The highest BCUT2D eigenvalue weighted by Gasteiger charge is 2.24. The van der Waals surface area contributed by atoms with Crippen LogP contribution in [-0.4, -0.2) is 41.9 Å². The second-order valence-electron chi connectivity index (χ2n) is 4.76. The molecule has 1 saturated heterocycles. The van der Waals surface area contributed by atoms with Gasteiger partial charge in [0.05, 0.1) is 11.8 Å². The van der Waals surface area contributed by atoms with Crippen molar-refractivity contribution >= 4 is 28.8 Å². The van der Waals surface area contributed by atoms with Crippen molar-refractivity contribution < 1.29 is 9.21 Å². The Balaban J connectivity index is 1.56. The highest BCUT2D eigenvalue weighted by Crippen LogP contribution is 2.20. The first-order chi connectivity index (χ1) is 9.74. The minimum absolute atomic E-state index is 0.0421. The summed E-state index contributed by atoms with van der Waals surface area (Å²) in [5.41, 5.74) is 0.457. The summed E-state index contributed by atoms with van der Waals surface area (Å²) in [6, 6.07) is 5.84. The lowest BCUT2D eigenvalue weighted by Crippen LogP contribution is -2.48. The topological polar surface area (TPSA) is 36.7 Å². The molecule has 2 aromatic rings. The summed E-state index contributed by atoms with van der Waals surface area (Å²) < 4.78 is 4.98. The zero-order valence-electron chi connectivity index (χ0n) is 10.9. The molecule has 1 aliphatic rings. The van der Waals surface area contributed by atoms with Crippen LogP contribution in [0.15, 0.2) is 34.3 Å². The molecule has 1 fully saturated rings. The van der Waals surface area contributed by atoms with E-state index >= 15 is 0 Å². The molecular formula is C14H15ClN2O2S. The molecule has 3 rings (SSSR count). The van der Waals surface area contributed by atoms with E-state index in [1.54, 1.807) is 17.4 Å². The predicted molar refractivity (Wildman–Crippen MR) is 79.2 cm³/mol. The van der Waals surface area contributed by atoms with E-state index in [0.717, 1.165) is 32.7 Å². The zero-order valence-corrected chi connectivity index (χ0v) is 12.5. The van der Waals surface area contributed by atoms with Crippen LogP contribution in [0, 0.1) is 0 Å². The number of carbonyl (C=O) groups excluding carboxylic acids is 1. The SMILES string of the molecule is O=C(c1ccoc1Cl)N1CCN(Cc2cccs2)CC1. The quantitative estimate of drug-likeness (QED) is 0.874.